The highest BCUT2D eigenvalue weighted by atomic mass is 16.6. The van der Waals surface area contributed by atoms with Crippen molar-refractivity contribution >= 4 is 11.8 Å². The number of hydrogen-bond donors (Lipinski definition) is 2. The first-order valence-electron chi connectivity index (χ1n) is 8.12. The number of likely N-dealkylation sites (N-methyl/N-ethyl adjacent to an activating group) is 1. The number of rotatable bonds is 8. The topological polar surface area (TPSA) is 110 Å². The van der Waals surface area contributed by atoms with Gasteiger partial charge in [0.2, 0.25) is 11.8 Å². The van der Waals surface area contributed by atoms with Crippen molar-refractivity contribution in [1.29, 1.82) is 0 Å². The molecule has 2 atom stereocenters. The Morgan fingerprint density at radius 3 is 2.71 bits per heavy atom. The van der Waals surface area contributed by atoms with Crippen molar-refractivity contribution in [2.24, 2.45) is 0 Å². The van der Waals surface area contributed by atoms with Gasteiger partial charge in [-0.2, -0.15) is 0 Å². The molecule has 24 heavy (non-hydrogen) atoms. The van der Waals surface area contributed by atoms with E-state index in [1.54, 1.807) is 6.92 Å². The average Bonchev–Trinajstić information content (AvgIpc) is 3.09. The molecule has 1 fully saturated rings. The fraction of sp³-hybridized carbons (Fsp3) is 0.733. The van der Waals surface area contributed by atoms with Crippen LogP contribution in [0.3, 0.4) is 0 Å². The third kappa shape index (κ3) is 5.19. The van der Waals surface area contributed by atoms with Gasteiger partial charge in [0.05, 0.1) is 6.54 Å². The minimum atomic E-state index is -0.0258. The molecule has 134 valence electrons. The van der Waals surface area contributed by atoms with E-state index in [9.17, 15) is 9.59 Å². The van der Waals surface area contributed by atoms with Gasteiger partial charge in [0, 0.05) is 32.0 Å². The first-order chi connectivity index (χ1) is 11.5. The Morgan fingerprint density at radius 1 is 1.29 bits per heavy atom. The summed E-state index contributed by atoms with van der Waals surface area (Å²) in [5.41, 5.74) is 0.583. The molecule has 0 saturated carbocycles. The molecule has 1 aliphatic heterocycles. The average molecular weight is 339 g/mol. The Labute approximate surface area is 141 Å². The molecule has 2 rings (SSSR count). The number of aromatic nitrogens is 2. The molecule has 2 heterocycles. The molecule has 2 amide bonds. The van der Waals surface area contributed by atoms with Crippen molar-refractivity contribution in [2.75, 3.05) is 26.7 Å². The van der Waals surface area contributed by atoms with E-state index in [1.165, 1.54) is 6.92 Å². The highest BCUT2D eigenvalue weighted by Gasteiger charge is 2.31. The predicted octanol–water partition coefficient (Wildman–Crippen LogP) is -0.138. The summed E-state index contributed by atoms with van der Waals surface area (Å²) in [5, 5.41) is 12.9. The molecule has 9 nitrogen and oxygen atoms in total. The predicted molar refractivity (Wildman–Crippen MR) is 85.4 cm³/mol. The van der Waals surface area contributed by atoms with Gasteiger partial charge in [-0.15, -0.1) is 0 Å². The van der Waals surface area contributed by atoms with Gasteiger partial charge >= 0.3 is 0 Å². The van der Waals surface area contributed by atoms with Gasteiger partial charge in [-0.3, -0.25) is 14.5 Å². The molecule has 0 spiro atoms. The number of hydrogen-bond acceptors (Lipinski definition) is 7. The second-order valence-corrected chi connectivity index (χ2v) is 6.04. The molecule has 1 aliphatic rings. The maximum Gasteiger partial charge on any atom is 0.278 e. The molecule has 0 radical (unpaired) electrons. The number of carbonyl (C=O) groups is 2. The van der Waals surface area contributed by atoms with Gasteiger partial charge in [0.25, 0.3) is 5.88 Å². The quantitative estimate of drug-likeness (QED) is 0.634. The Morgan fingerprint density at radius 2 is 2.04 bits per heavy atom. The fourth-order valence-electron chi connectivity index (χ4n) is 2.82. The maximum absolute atomic E-state index is 12.0. The molecule has 0 aromatic carbocycles. The second kappa shape index (κ2) is 8.62. The van der Waals surface area contributed by atoms with E-state index in [1.807, 2.05) is 7.05 Å². The van der Waals surface area contributed by atoms with Crippen LogP contribution in [0.5, 0.6) is 5.88 Å². The van der Waals surface area contributed by atoms with Gasteiger partial charge < -0.3 is 15.4 Å². The van der Waals surface area contributed by atoms with Crippen molar-refractivity contribution < 1.29 is 19.0 Å². The summed E-state index contributed by atoms with van der Waals surface area (Å²) in [7, 11) is 2.00. The lowest BCUT2D eigenvalue weighted by atomic mass is 10.1. The first kappa shape index (κ1) is 18.2. The maximum atomic E-state index is 12.0. The van der Waals surface area contributed by atoms with Crippen LogP contribution in [0.25, 0.3) is 0 Å². The summed E-state index contributed by atoms with van der Waals surface area (Å²) in [4.78, 5) is 25.2. The van der Waals surface area contributed by atoms with Gasteiger partial charge in [0.15, 0.2) is 0 Å². The van der Waals surface area contributed by atoms with E-state index >= 15 is 0 Å². The highest BCUT2D eigenvalue weighted by Crippen LogP contribution is 2.24. The number of nitrogens with zero attached hydrogens (tertiary/aromatic N) is 3. The van der Waals surface area contributed by atoms with Crippen LogP contribution in [0.1, 0.15) is 31.9 Å². The van der Waals surface area contributed by atoms with Crippen molar-refractivity contribution in [1.82, 2.24) is 25.8 Å². The number of amides is 2. The van der Waals surface area contributed by atoms with E-state index < -0.39 is 0 Å². The molecule has 1 aromatic rings. The molecule has 1 saturated heterocycles. The Bertz CT molecular complexity index is 562. The molecular formula is C15H25N5O4. The molecular weight excluding hydrogens is 314 g/mol. The third-order valence-corrected chi connectivity index (χ3v) is 4.27. The van der Waals surface area contributed by atoms with Crippen LogP contribution in [0, 0.1) is 6.92 Å². The summed E-state index contributed by atoms with van der Waals surface area (Å²) in [6.07, 6.45) is 2.38. The zero-order chi connectivity index (χ0) is 17.5. The zero-order valence-electron chi connectivity index (χ0n) is 14.4. The van der Waals surface area contributed by atoms with Crippen LogP contribution < -0.4 is 15.4 Å². The summed E-state index contributed by atoms with van der Waals surface area (Å²) in [5.74, 6) is 0.313. The van der Waals surface area contributed by atoms with Crippen molar-refractivity contribution in [3.05, 3.63) is 5.69 Å². The molecule has 0 aliphatic carbocycles. The smallest absolute Gasteiger partial charge is 0.278 e. The summed E-state index contributed by atoms with van der Waals surface area (Å²) in [6, 6.07) is 0.490. The molecule has 2 N–H and O–H groups in total. The van der Waals surface area contributed by atoms with Crippen molar-refractivity contribution in [3.63, 3.8) is 0 Å². The van der Waals surface area contributed by atoms with E-state index in [4.69, 9.17) is 4.74 Å². The SMILES string of the molecule is CC(=O)NC[C@H]1CC[C@@H](CC(=O)NCCOc2nonc2C)N1C. The summed E-state index contributed by atoms with van der Waals surface area (Å²) >= 11 is 0. The summed E-state index contributed by atoms with van der Waals surface area (Å²) in [6.45, 7) is 4.59. The van der Waals surface area contributed by atoms with E-state index in [2.05, 4.69) is 30.5 Å². The van der Waals surface area contributed by atoms with Crippen LogP contribution in [-0.4, -0.2) is 65.9 Å². The van der Waals surface area contributed by atoms with E-state index in [0.717, 1.165) is 12.8 Å². The normalized spacial score (nSPS) is 20.8. The Hall–Kier alpha value is -2.16. The lowest BCUT2D eigenvalue weighted by Crippen LogP contribution is -2.42. The lowest BCUT2D eigenvalue weighted by molar-refractivity contribution is -0.122. The fourth-order valence-corrected chi connectivity index (χ4v) is 2.82. The lowest BCUT2D eigenvalue weighted by Gasteiger charge is -2.25. The second-order valence-electron chi connectivity index (χ2n) is 6.04. The zero-order valence-corrected chi connectivity index (χ0v) is 14.4. The first-order valence-corrected chi connectivity index (χ1v) is 8.12. The van der Waals surface area contributed by atoms with Crippen LogP contribution in [0.4, 0.5) is 0 Å². The molecule has 9 heteroatoms. The summed E-state index contributed by atoms with van der Waals surface area (Å²) < 4.78 is 9.88. The van der Waals surface area contributed by atoms with Crippen LogP contribution in [-0.2, 0) is 9.59 Å². The van der Waals surface area contributed by atoms with Gasteiger partial charge in [0.1, 0.15) is 12.3 Å². The van der Waals surface area contributed by atoms with Crippen molar-refractivity contribution in [3.8, 4) is 5.88 Å². The van der Waals surface area contributed by atoms with Gasteiger partial charge in [-0.1, -0.05) is 5.16 Å². The van der Waals surface area contributed by atoms with Crippen LogP contribution in [0.2, 0.25) is 0 Å². The van der Waals surface area contributed by atoms with Crippen LogP contribution >= 0.6 is 0 Å². The monoisotopic (exact) mass is 339 g/mol. The number of nitrogens with one attached hydrogen (secondary N) is 2. The molecule has 1 aromatic heterocycles. The molecule has 0 bridgehead atoms. The van der Waals surface area contributed by atoms with Crippen LogP contribution in [0.15, 0.2) is 4.63 Å². The molecule has 0 unspecified atom stereocenters. The number of carbonyl (C=O) groups excluding carboxylic acids is 2. The third-order valence-electron chi connectivity index (χ3n) is 4.27. The number of ether oxygens (including phenoxy) is 1. The number of likely N-dealkylation sites (tertiary alicyclic amines) is 1. The Balaban J connectivity index is 1.63. The number of aryl methyl sites for hydroxylation is 1. The largest absolute Gasteiger partial charge is 0.472 e. The van der Waals surface area contributed by atoms with E-state index in [0.29, 0.717) is 37.7 Å². The van der Waals surface area contributed by atoms with E-state index in [-0.39, 0.29) is 23.9 Å². The minimum Gasteiger partial charge on any atom is -0.472 e. The highest BCUT2D eigenvalue weighted by molar-refractivity contribution is 5.76. The Kier molecular flexibility index (Phi) is 6.53. The van der Waals surface area contributed by atoms with Gasteiger partial charge in [-0.05, 0) is 32.0 Å². The standard InChI is InChI=1S/C15H25N5O4/c1-10-15(19-24-18-10)23-7-6-16-14(22)8-12-4-5-13(20(12)3)9-17-11(2)21/h12-13H,4-9H2,1-3H3,(H,16,22)(H,17,21)/t12-,13+/m0/s1. The van der Waals surface area contributed by atoms with Crippen molar-refractivity contribution in [2.45, 2.75) is 45.2 Å². The van der Waals surface area contributed by atoms with Gasteiger partial charge in [-0.25, -0.2) is 4.63 Å². The minimum absolute atomic E-state index is 0.00868.